The first-order valence-corrected chi connectivity index (χ1v) is 9.58. The number of amides is 1. The average Bonchev–Trinajstić information content (AvgIpc) is 2.67. The molecule has 5 nitrogen and oxygen atoms in total. The fourth-order valence-corrected chi connectivity index (χ4v) is 3.04. The van der Waals surface area contributed by atoms with Gasteiger partial charge in [-0.3, -0.25) is 4.79 Å². The zero-order chi connectivity index (χ0) is 18.8. The summed E-state index contributed by atoms with van der Waals surface area (Å²) >= 11 is 7.60. The third-order valence-corrected chi connectivity index (χ3v) is 4.73. The van der Waals surface area contributed by atoms with E-state index in [0.29, 0.717) is 23.8 Å². The second-order valence-corrected chi connectivity index (χ2v) is 6.91. The Bertz CT molecular complexity index is 687. The van der Waals surface area contributed by atoms with Crippen LogP contribution in [0.25, 0.3) is 0 Å². The SMILES string of the molecule is COc1cc(OC)cc(OCC(=O)NCCSCc2ccc(Cl)cc2)c1. The van der Waals surface area contributed by atoms with Crippen molar-refractivity contribution in [3.05, 3.63) is 53.1 Å². The molecule has 0 aliphatic rings. The Labute approximate surface area is 163 Å². The summed E-state index contributed by atoms with van der Waals surface area (Å²) in [5, 5.41) is 3.57. The van der Waals surface area contributed by atoms with E-state index in [-0.39, 0.29) is 12.5 Å². The van der Waals surface area contributed by atoms with Crippen molar-refractivity contribution >= 4 is 29.3 Å². The van der Waals surface area contributed by atoms with Gasteiger partial charge in [0.25, 0.3) is 5.91 Å². The topological polar surface area (TPSA) is 56.8 Å². The Balaban J connectivity index is 1.65. The maximum absolute atomic E-state index is 11.9. The third kappa shape index (κ3) is 7.06. The summed E-state index contributed by atoms with van der Waals surface area (Å²) in [6.45, 7) is 0.528. The molecular weight excluding hydrogens is 374 g/mol. The predicted molar refractivity (Wildman–Crippen MR) is 106 cm³/mol. The summed E-state index contributed by atoms with van der Waals surface area (Å²) in [6.07, 6.45) is 0. The largest absolute Gasteiger partial charge is 0.496 e. The van der Waals surface area contributed by atoms with Crippen LogP contribution in [-0.4, -0.2) is 39.0 Å². The van der Waals surface area contributed by atoms with E-state index in [4.69, 9.17) is 25.8 Å². The number of ether oxygens (including phenoxy) is 3. The van der Waals surface area contributed by atoms with E-state index in [2.05, 4.69) is 5.32 Å². The quantitative estimate of drug-likeness (QED) is 0.620. The van der Waals surface area contributed by atoms with Crippen LogP contribution in [0.4, 0.5) is 0 Å². The van der Waals surface area contributed by atoms with Gasteiger partial charge in [-0.05, 0) is 17.7 Å². The Kier molecular flexibility index (Phi) is 8.44. The van der Waals surface area contributed by atoms with Gasteiger partial charge in [-0.2, -0.15) is 11.8 Å². The number of methoxy groups -OCH3 is 2. The molecule has 0 saturated heterocycles. The van der Waals surface area contributed by atoms with Gasteiger partial charge in [-0.25, -0.2) is 0 Å². The van der Waals surface area contributed by atoms with Crippen LogP contribution in [0.3, 0.4) is 0 Å². The molecule has 1 N–H and O–H groups in total. The molecule has 26 heavy (non-hydrogen) atoms. The molecule has 0 unspecified atom stereocenters. The van der Waals surface area contributed by atoms with Crippen LogP contribution in [0, 0.1) is 0 Å². The molecule has 0 spiro atoms. The monoisotopic (exact) mass is 395 g/mol. The Morgan fingerprint density at radius 1 is 1.04 bits per heavy atom. The highest BCUT2D eigenvalue weighted by molar-refractivity contribution is 7.98. The number of carbonyl (C=O) groups excluding carboxylic acids is 1. The van der Waals surface area contributed by atoms with Crippen molar-refractivity contribution in [1.29, 1.82) is 0 Å². The number of rotatable bonds is 10. The van der Waals surface area contributed by atoms with Gasteiger partial charge in [0.15, 0.2) is 6.61 Å². The predicted octanol–water partition coefficient (Wildman–Crippen LogP) is 3.79. The lowest BCUT2D eigenvalue weighted by Gasteiger charge is -2.10. The lowest BCUT2D eigenvalue weighted by atomic mass is 10.2. The molecule has 2 aromatic carbocycles. The summed E-state index contributed by atoms with van der Waals surface area (Å²) < 4.78 is 15.8. The van der Waals surface area contributed by atoms with E-state index in [1.54, 1.807) is 44.2 Å². The maximum atomic E-state index is 11.9. The van der Waals surface area contributed by atoms with Crippen LogP contribution in [-0.2, 0) is 10.5 Å². The van der Waals surface area contributed by atoms with Gasteiger partial charge in [0.2, 0.25) is 0 Å². The Morgan fingerprint density at radius 2 is 1.65 bits per heavy atom. The second kappa shape index (κ2) is 10.8. The van der Waals surface area contributed by atoms with Crippen molar-refractivity contribution in [1.82, 2.24) is 5.32 Å². The number of benzene rings is 2. The summed E-state index contributed by atoms with van der Waals surface area (Å²) in [6, 6.07) is 12.9. The lowest BCUT2D eigenvalue weighted by Crippen LogP contribution is -2.30. The minimum absolute atomic E-state index is 0.0574. The molecule has 0 radical (unpaired) electrons. The van der Waals surface area contributed by atoms with Gasteiger partial charge < -0.3 is 19.5 Å². The highest BCUT2D eigenvalue weighted by atomic mass is 35.5. The first-order valence-electron chi connectivity index (χ1n) is 8.05. The normalized spacial score (nSPS) is 10.3. The average molecular weight is 396 g/mol. The summed E-state index contributed by atoms with van der Waals surface area (Å²) in [5.41, 5.74) is 1.21. The fourth-order valence-electron chi connectivity index (χ4n) is 2.10. The molecule has 7 heteroatoms. The van der Waals surface area contributed by atoms with Gasteiger partial charge in [-0.15, -0.1) is 0 Å². The van der Waals surface area contributed by atoms with Crippen molar-refractivity contribution < 1.29 is 19.0 Å². The van der Waals surface area contributed by atoms with E-state index in [0.717, 1.165) is 16.5 Å². The van der Waals surface area contributed by atoms with E-state index < -0.39 is 0 Å². The first-order chi connectivity index (χ1) is 12.6. The highest BCUT2D eigenvalue weighted by Crippen LogP contribution is 2.27. The number of nitrogens with one attached hydrogen (secondary N) is 1. The lowest BCUT2D eigenvalue weighted by molar-refractivity contribution is -0.122. The van der Waals surface area contributed by atoms with Gasteiger partial charge in [0.1, 0.15) is 17.2 Å². The van der Waals surface area contributed by atoms with Crippen LogP contribution < -0.4 is 19.5 Å². The standard InChI is InChI=1S/C19H22ClNO4S/c1-23-16-9-17(24-2)11-18(10-16)25-12-19(22)21-7-8-26-13-14-3-5-15(20)6-4-14/h3-6,9-11H,7-8,12-13H2,1-2H3,(H,21,22). The molecule has 0 saturated carbocycles. The Morgan fingerprint density at radius 3 is 2.27 bits per heavy atom. The van der Waals surface area contributed by atoms with Crippen molar-refractivity contribution in [2.24, 2.45) is 0 Å². The van der Waals surface area contributed by atoms with E-state index >= 15 is 0 Å². The molecule has 0 atom stereocenters. The van der Waals surface area contributed by atoms with Gasteiger partial charge in [0, 0.05) is 41.3 Å². The number of hydrogen-bond acceptors (Lipinski definition) is 5. The fraction of sp³-hybridized carbons (Fsp3) is 0.316. The van der Waals surface area contributed by atoms with Crippen molar-refractivity contribution in [2.45, 2.75) is 5.75 Å². The first kappa shape index (κ1) is 20.3. The molecule has 2 rings (SSSR count). The zero-order valence-corrected chi connectivity index (χ0v) is 16.4. The van der Waals surface area contributed by atoms with E-state index in [1.165, 1.54) is 5.56 Å². The summed E-state index contributed by atoms with van der Waals surface area (Å²) in [7, 11) is 3.12. The number of carbonyl (C=O) groups is 1. The van der Waals surface area contributed by atoms with Crippen molar-refractivity contribution in [3.63, 3.8) is 0 Å². The second-order valence-electron chi connectivity index (χ2n) is 5.37. The number of halogens is 1. The third-order valence-electron chi connectivity index (χ3n) is 3.45. The minimum atomic E-state index is -0.168. The molecule has 0 bridgehead atoms. The highest BCUT2D eigenvalue weighted by Gasteiger charge is 2.06. The molecule has 0 aromatic heterocycles. The van der Waals surface area contributed by atoms with E-state index in [9.17, 15) is 4.79 Å². The molecule has 1 amide bonds. The van der Waals surface area contributed by atoms with Crippen LogP contribution in [0.15, 0.2) is 42.5 Å². The van der Waals surface area contributed by atoms with Crippen molar-refractivity contribution in [3.8, 4) is 17.2 Å². The zero-order valence-electron chi connectivity index (χ0n) is 14.8. The molecule has 0 aliphatic carbocycles. The number of thioether (sulfide) groups is 1. The van der Waals surface area contributed by atoms with Gasteiger partial charge >= 0.3 is 0 Å². The molecule has 2 aromatic rings. The smallest absolute Gasteiger partial charge is 0.257 e. The maximum Gasteiger partial charge on any atom is 0.257 e. The van der Waals surface area contributed by atoms with Gasteiger partial charge in [-0.1, -0.05) is 23.7 Å². The molecular formula is C19H22ClNO4S. The number of hydrogen-bond donors (Lipinski definition) is 1. The van der Waals surface area contributed by atoms with Crippen LogP contribution >= 0.6 is 23.4 Å². The summed E-state index contributed by atoms with van der Waals surface area (Å²) in [5.74, 6) is 3.28. The van der Waals surface area contributed by atoms with Crippen LogP contribution in [0.1, 0.15) is 5.56 Å². The van der Waals surface area contributed by atoms with Crippen molar-refractivity contribution in [2.75, 3.05) is 33.1 Å². The van der Waals surface area contributed by atoms with E-state index in [1.807, 2.05) is 24.3 Å². The molecule has 140 valence electrons. The van der Waals surface area contributed by atoms with Crippen LogP contribution in [0.2, 0.25) is 5.02 Å². The Hall–Kier alpha value is -2.05. The minimum Gasteiger partial charge on any atom is -0.496 e. The van der Waals surface area contributed by atoms with Gasteiger partial charge in [0.05, 0.1) is 14.2 Å². The molecule has 0 fully saturated rings. The van der Waals surface area contributed by atoms with Crippen LogP contribution in [0.5, 0.6) is 17.2 Å². The molecule has 0 heterocycles. The summed E-state index contributed by atoms with van der Waals surface area (Å²) in [4.78, 5) is 11.9. The molecule has 0 aliphatic heterocycles.